The summed E-state index contributed by atoms with van der Waals surface area (Å²) >= 11 is 0. The molecule has 2 fully saturated rings. The van der Waals surface area contributed by atoms with Crippen molar-refractivity contribution in [2.24, 2.45) is 16.7 Å². The summed E-state index contributed by atoms with van der Waals surface area (Å²) in [6.07, 6.45) is 3.17. The first kappa shape index (κ1) is 17.8. The normalized spacial score (nSPS) is 29.3. The van der Waals surface area contributed by atoms with E-state index in [1.54, 1.807) is 18.2 Å². The molecule has 25 heavy (non-hydrogen) atoms. The monoisotopic (exact) mass is 346 g/mol. The number of fused-ring (bicyclic) bond motifs is 2. The van der Waals surface area contributed by atoms with Gasteiger partial charge in [0.2, 0.25) is 0 Å². The van der Waals surface area contributed by atoms with E-state index in [0.29, 0.717) is 23.0 Å². The van der Waals surface area contributed by atoms with Crippen molar-refractivity contribution >= 4 is 11.9 Å². The maximum absolute atomic E-state index is 12.6. The van der Waals surface area contributed by atoms with Gasteiger partial charge in [-0.2, -0.15) is 0 Å². The highest BCUT2D eigenvalue weighted by molar-refractivity contribution is 5.90. The highest BCUT2D eigenvalue weighted by Gasteiger charge is 2.62. The fourth-order valence-corrected chi connectivity index (χ4v) is 4.54. The second-order valence-electron chi connectivity index (χ2n) is 7.96. The van der Waals surface area contributed by atoms with E-state index in [2.05, 4.69) is 20.8 Å². The molecule has 3 rings (SSSR count). The third kappa shape index (κ3) is 2.79. The van der Waals surface area contributed by atoms with Crippen LogP contribution in [0.2, 0.25) is 0 Å². The average molecular weight is 346 g/mol. The minimum atomic E-state index is -0.439. The van der Waals surface area contributed by atoms with Gasteiger partial charge in [0.15, 0.2) is 11.5 Å². The van der Waals surface area contributed by atoms with Gasteiger partial charge in [-0.15, -0.1) is 0 Å². The van der Waals surface area contributed by atoms with Crippen LogP contribution in [0.15, 0.2) is 18.2 Å². The highest BCUT2D eigenvalue weighted by Crippen LogP contribution is 2.66. The molecule has 2 aliphatic carbocycles. The first-order valence-electron chi connectivity index (χ1n) is 8.76. The van der Waals surface area contributed by atoms with Crippen LogP contribution >= 0.6 is 0 Å². The Hall–Kier alpha value is -2.04. The Bertz CT molecular complexity index is 708. The first-order valence-corrected chi connectivity index (χ1v) is 8.76. The molecule has 0 heterocycles. The van der Waals surface area contributed by atoms with Crippen molar-refractivity contribution in [2.45, 2.75) is 53.1 Å². The van der Waals surface area contributed by atoms with Crippen molar-refractivity contribution in [3.63, 3.8) is 0 Å². The van der Waals surface area contributed by atoms with Gasteiger partial charge < -0.3 is 14.2 Å². The number of benzene rings is 1. The van der Waals surface area contributed by atoms with Crippen LogP contribution < -0.4 is 9.47 Å². The van der Waals surface area contributed by atoms with Crippen molar-refractivity contribution in [1.29, 1.82) is 0 Å². The van der Waals surface area contributed by atoms with Gasteiger partial charge in [-0.05, 0) is 48.8 Å². The van der Waals surface area contributed by atoms with Gasteiger partial charge in [-0.25, -0.2) is 4.79 Å². The molecule has 136 valence electrons. The predicted octanol–water partition coefficient (Wildman–Crippen LogP) is 3.99. The van der Waals surface area contributed by atoms with Crippen molar-refractivity contribution in [1.82, 2.24) is 0 Å². The Kier molecular flexibility index (Phi) is 4.30. The number of carbonyl (C=O) groups excluding carboxylic acids is 2. The maximum atomic E-state index is 12.6. The summed E-state index contributed by atoms with van der Waals surface area (Å²) < 4.78 is 16.2. The van der Waals surface area contributed by atoms with Crippen molar-refractivity contribution in [3.05, 3.63) is 23.8 Å². The summed E-state index contributed by atoms with van der Waals surface area (Å²) in [5.41, 5.74) is 0.612. The highest BCUT2D eigenvalue weighted by atomic mass is 16.6. The second-order valence-corrected chi connectivity index (χ2v) is 7.96. The molecule has 0 saturated heterocycles. The number of esters is 2. The summed E-state index contributed by atoms with van der Waals surface area (Å²) in [6, 6.07) is 4.72. The number of carbonyl (C=O) groups is 2. The lowest BCUT2D eigenvalue weighted by atomic mass is 9.70. The van der Waals surface area contributed by atoms with E-state index in [1.807, 2.05) is 0 Å². The van der Waals surface area contributed by atoms with Gasteiger partial charge in [0, 0.05) is 12.3 Å². The van der Waals surface area contributed by atoms with Crippen LogP contribution in [0.1, 0.15) is 57.3 Å². The Balaban J connectivity index is 1.77. The molecule has 1 aromatic carbocycles. The van der Waals surface area contributed by atoms with E-state index in [9.17, 15) is 9.59 Å². The molecule has 0 spiro atoms. The van der Waals surface area contributed by atoms with Crippen LogP contribution in [-0.4, -0.2) is 25.2 Å². The number of ether oxygens (including phenoxy) is 3. The Morgan fingerprint density at radius 1 is 1.16 bits per heavy atom. The molecule has 0 aliphatic heterocycles. The fraction of sp³-hybridized carbons (Fsp3) is 0.600. The van der Waals surface area contributed by atoms with E-state index in [4.69, 9.17) is 14.2 Å². The molecular weight excluding hydrogens is 320 g/mol. The van der Waals surface area contributed by atoms with E-state index in [-0.39, 0.29) is 22.9 Å². The molecule has 0 unspecified atom stereocenters. The van der Waals surface area contributed by atoms with Gasteiger partial charge >= 0.3 is 11.9 Å². The molecule has 2 bridgehead atoms. The van der Waals surface area contributed by atoms with E-state index in [1.165, 1.54) is 20.5 Å². The number of hydrogen-bond acceptors (Lipinski definition) is 5. The van der Waals surface area contributed by atoms with Crippen molar-refractivity contribution in [3.8, 4) is 11.5 Å². The number of rotatable bonds is 4. The smallest absolute Gasteiger partial charge is 0.338 e. The van der Waals surface area contributed by atoms with Crippen LogP contribution in [0.3, 0.4) is 0 Å². The molecule has 5 nitrogen and oxygen atoms in total. The Labute approximate surface area is 148 Å². The molecular formula is C20H26O5. The lowest BCUT2D eigenvalue weighted by Crippen LogP contribution is -2.38. The summed E-state index contributed by atoms with van der Waals surface area (Å²) in [4.78, 5) is 23.8. The Morgan fingerprint density at radius 2 is 1.88 bits per heavy atom. The van der Waals surface area contributed by atoms with Crippen LogP contribution in [-0.2, 0) is 9.53 Å². The van der Waals surface area contributed by atoms with Gasteiger partial charge in [0.1, 0.15) is 6.10 Å². The van der Waals surface area contributed by atoms with Gasteiger partial charge in [0.05, 0.1) is 12.7 Å². The topological polar surface area (TPSA) is 61.8 Å². The van der Waals surface area contributed by atoms with E-state index < -0.39 is 5.97 Å². The zero-order valence-electron chi connectivity index (χ0n) is 15.5. The SMILES string of the molecule is COc1cc(C(=O)O[C@@H]2C[C@H]3CC[C@@]2(C)C3(C)C)ccc1OC(C)=O. The van der Waals surface area contributed by atoms with E-state index >= 15 is 0 Å². The van der Waals surface area contributed by atoms with Gasteiger partial charge in [-0.3, -0.25) is 4.79 Å². The molecule has 2 aliphatic rings. The van der Waals surface area contributed by atoms with Crippen LogP contribution in [0.5, 0.6) is 11.5 Å². The molecule has 0 radical (unpaired) electrons. The minimum absolute atomic E-state index is 0.0229. The zero-order chi connectivity index (χ0) is 18.4. The second kappa shape index (κ2) is 6.04. The average Bonchev–Trinajstić information content (AvgIpc) is 2.88. The summed E-state index contributed by atoms with van der Waals surface area (Å²) in [5.74, 6) is 0.438. The zero-order valence-corrected chi connectivity index (χ0v) is 15.5. The quantitative estimate of drug-likeness (QED) is 0.609. The van der Waals surface area contributed by atoms with Crippen LogP contribution in [0.4, 0.5) is 0 Å². The minimum Gasteiger partial charge on any atom is -0.493 e. The van der Waals surface area contributed by atoms with Gasteiger partial charge in [-0.1, -0.05) is 20.8 Å². The molecule has 0 aromatic heterocycles. The molecule has 1 aromatic rings. The fourth-order valence-electron chi connectivity index (χ4n) is 4.54. The molecule has 0 amide bonds. The third-order valence-corrected chi connectivity index (χ3v) is 6.62. The Morgan fingerprint density at radius 3 is 2.40 bits per heavy atom. The van der Waals surface area contributed by atoms with Crippen LogP contribution in [0.25, 0.3) is 0 Å². The lowest BCUT2D eigenvalue weighted by molar-refractivity contribution is -0.132. The third-order valence-electron chi connectivity index (χ3n) is 6.62. The van der Waals surface area contributed by atoms with Crippen molar-refractivity contribution < 1.29 is 23.8 Å². The first-order chi connectivity index (χ1) is 11.7. The molecule has 2 saturated carbocycles. The summed E-state index contributed by atoms with van der Waals surface area (Å²) in [7, 11) is 1.47. The summed E-state index contributed by atoms with van der Waals surface area (Å²) in [5, 5.41) is 0. The predicted molar refractivity (Wildman–Crippen MR) is 92.7 cm³/mol. The van der Waals surface area contributed by atoms with Gasteiger partial charge in [0.25, 0.3) is 0 Å². The number of methoxy groups -OCH3 is 1. The number of hydrogen-bond donors (Lipinski definition) is 0. The van der Waals surface area contributed by atoms with E-state index in [0.717, 1.165) is 12.8 Å². The van der Waals surface area contributed by atoms with Crippen LogP contribution in [0, 0.1) is 16.7 Å². The molecule has 3 atom stereocenters. The standard InChI is InChI=1S/C20H26O5/c1-12(21)24-15-7-6-13(10-16(15)23-5)18(22)25-17-11-14-8-9-20(17,4)19(14,2)3/h6-7,10,14,17H,8-9,11H2,1-5H3/t14-,17-,20-/m1/s1. The summed E-state index contributed by atoms with van der Waals surface area (Å²) in [6.45, 7) is 8.13. The maximum Gasteiger partial charge on any atom is 0.338 e. The largest absolute Gasteiger partial charge is 0.493 e. The van der Waals surface area contributed by atoms with Crippen molar-refractivity contribution in [2.75, 3.05) is 7.11 Å². The molecule has 5 heteroatoms. The lowest BCUT2D eigenvalue weighted by Gasteiger charge is -2.38. The molecule has 0 N–H and O–H groups in total.